The molecule has 0 aliphatic rings. The normalized spacial score (nSPS) is 11.8. The molecule has 3 aromatic rings. The van der Waals surface area contributed by atoms with Crippen molar-refractivity contribution in [2.75, 3.05) is 0 Å². The fourth-order valence-electron chi connectivity index (χ4n) is 2.24. The van der Waals surface area contributed by atoms with E-state index in [1.54, 1.807) is 48.0 Å². The highest BCUT2D eigenvalue weighted by atomic mass is 32.2. The maximum atomic E-state index is 12.6. The van der Waals surface area contributed by atoms with Crippen LogP contribution in [0.15, 0.2) is 70.6 Å². The Hall–Kier alpha value is -2.07. The first kappa shape index (κ1) is 12.0. The van der Waals surface area contributed by atoms with Crippen molar-refractivity contribution in [3.63, 3.8) is 0 Å². The van der Waals surface area contributed by atoms with Crippen molar-refractivity contribution in [1.29, 1.82) is 0 Å². The summed E-state index contributed by atoms with van der Waals surface area (Å²) in [6, 6.07) is 17.9. The minimum atomic E-state index is -3.47. The number of rotatable bonds is 2. The number of sulfone groups is 1. The summed E-state index contributed by atoms with van der Waals surface area (Å²) in [5, 5.41) is 1.25. The zero-order valence-corrected chi connectivity index (χ0v) is 11.3. The number of aromatic nitrogens is 1. The second-order valence-corrected chi connectivity index (χ2v) is 6.31. The Morgan fingerprint density at radius 1 is 0.895 bits per heavy atom. The van der Waals surface area contributed by atoms with Crippen LogP contribution < -0.4 is 0 Å². The predicted octanol–water partition coefficient (Wildman–Crippen LogP) is 3.01. The van der Waals surface area contributed by atoms with Crippen molar-refractivity contribution in [3.05, 3.63) is 60.7 Å². The average Bonchev–Trinajstić information content (AvgIpc) is 2.78. The van der Waals surface area contributed by atoms with Crippen LogP contribution in [0.1, 0.15) is 0 Å². The maximum Gasteiger partial charge on any atom is 0.222 e. The molecule has 0 saturated carbocycles. The Morgan fingerprint density at radius 3 is 2.21 bits per heavy atom. The van der Waals surface area contributed by atoms with Crippen molar-refractivity contribution in [2.24, 2.45) is 7.05 Å². The standard InChI is InChI=1S/C15H13NO2S/c1-16-14-10-6-5-7-12(14)11-15(16)19(17,18)13-8-3-2-4-9-13/h2-11H,1H3. The van der Waals surface area contributed by atoms with E-state index >= 15 is 0 Å². The molecule has 0 aliphatic heterocycles. The van der Waals surface area contributed by atoms with Gasteiger partial charge < -0.3 is 4.57 Å². The summed E-state index contributed by atoms with van der Waals surface area (Å²) in [5.41, 5.74) is 0.914. The summed E-state index contributed by atoms with van der Waals surface area (Å²) >= 11 is 0. The van der Waals surface area contributed by atoms with Gasteiger partial charge in [0.25, 0.3) is 0 Å². The first-order valence-corrected chi connectivity index (χ1v) is 7.43. The zero-order chi connectivity index (χ0) is 13.5. The topological polar surface area (TPSA) is 39.1 Å². The highest BCUT2D eigenvalue weighted by molar-refractivity contribution is 7.91. The van der Waals surface area contributed by atoms with Crippen molar-refractivity contribution in [2.45, 2.75) is 9.92 Å². The molecule has 1 aromatic heterocycles. The summed E-state index contributed by atoms with van der Waals surface area (Å²) in [5.74, 6) is 0. The van der Waals surface area contributed by atoms with Crippen LogP contribution in [0.3, 0.4) is 0 Å². The molecule has 0 saturated heterocycles. The summed E-state index contributed by atoms with van der Waals surface area (Å²) < 4.78 is 26.9. The lowest BCUT2D eigenvalue weighted by atomic mass is 10.2. The molecule has 1 heterocycles. The van der Waals surface area contributed by atoms with Crippen LogP contribution in [0.2, 0.25) is 0 Å². The van der Waals surface area contributed by atoms with Crippen LogP contribution in [-0.2, 0) is 16.9 Å². The van der Waals surface area contributed by atoms with Crippen LogP contribution in [0.4, 0.5) is 0 Å². The van der Waals surface area contributed by atoms with Gasteiger partial charge in [0.15, 0.2) is 0 Å². The van der Waals surface area contributed by atoms with Gasteiger partial charge in [-0.1, -0.05) is 36.4 Å². The van der Waals surface area contributed by atoms with Crippen LogP contribution in [0.25, 0.3) is 10.9 Å². The van der Waals surface area contributed by atoms with E-state index < -0.39 is 9.84 Å². The lowest BCUT2D eigenvalue weighted by molar-refractivity contribution is 0.587. The maximum absolute atomic E-state index is 12.6. The van der Waals surface area contributed by atoms with Crippen molar-refractivity contribution in [3.8, 4) is 0 Å². The second kappa shape index (κ2) is 4.24. The number of hydrogen-bond acceptors (Lipinski definition) is 2. The van der Waals surface area contributed by atoms with E-state index in [4.69, 9.17) is 0 Å². The van der Waals surface area contributed by atoms with Crippen molar-refractivity contribution >= 4 is 20.7 Å². The molecule has 0 N–H and O–H groups in total. The van der Waals surface area contributed by atoms with Gasteiger partial charge in [-0.05, 0) is 24.3 Å². The van der Waals surface area contributed by atoms with E-state index in [1.165, 1.54) is 0 Å². The predicted molar refractivity (Wildman–Crippen MR) is 74.8 cm³/mol. The summed E-state index contributed by atoms with van der Waals surface area (Å²) in [7, 11) is -1.69. The number of nitrogens with zero attached hydrogens (tertiary/aromatic N) is 1. The Morgan fingerprint density at radius 2 is 1.53 bits per heavy atom. The molecule has 0 aliphatic carbocycles. The number of hydrogen-bond donors (Lipinski definition) is 0. The van der Waals surface area contributed by atoms with Gasteiger partial charge in [0.05, 0.1) is 4.90 Å². The highest BCUT2D eigenvalue weighted by Gasteiger charge is 2.21. The van der Waals surface area contributed by atoms with Crippen LogP contribution in [0.5, 0.6) is 0 Å². The fraction of sp³-hybridized carbons (Fsp3) is 0.0667. The number of aryl methyl sites for hydroxylation is 1. The monoisotopic (exact) mass is 271 g/mol. The molecule has 3 nitrogen and oxygen atoms in total. The average molecular weight is 271 g/mol. The van der Waals surface area contributed by atoms with Gasteiger partial charge in [0, 0.05) is 18.0 Å². The van der Waals surface area contributed by atoms with Gasteiger partial charge in [-0.2, -0.15) is 0 Å². The van der Waals surface area contributed by atoms with E-state index in [-0.39, 0.29) is 0 Å². The van der Waals surface area contributed by atoms with E-state index in [0.717, 1.165) is 10.9 Å². The lowest BCUT2D eigenvalue weighted by Crippen LogP contribution is -2.06. The zero-order valence-electron chi connectivity index (χ0n) is 10.4. The molecule has 0 spiro atoms. The Kier molecular flexibility index (Phi) is 2.68. The highest BCUT2D eigenvalue weighted by Crippen LogP contribution is 2.26. The Balaban J connectivity index is 2.28. The van der Waals surface area contributed by atoms with E-state index in [9.17, 15) is 8.42 Å². The summed E-state index contributed by atoms with van der Waals surface area (Å²) in [4.78, 5) is 0.320. The SMILES string of the molecule is Cn1c(S(=O)(=O)c2ccccc2)cc2ccccc21. The summed E-state index contributed by atoms with van der Waals surface area (Å²) in [6.07, 6.45) is 0. The van der Waals surface area contributed by atoms with Gasteiger partial charge in [-0.15, -0.1) is 0 Å². The smallest absolute Gasteiger partial charge is 0.222 e. The first-order valence-electron chi connectivity index (χ1n) is 5.95. The number of para-hydroxylation sites is 1. The molecular weight excluding hydrogens is 258 g/mol. The minimum absolute atomic E-state index is 0.319. The van der Waals surface area contributed by atoms with Crippen LogP contribution in [0, 0.1) is 0 Å². The first-order chi connectivity index (χ1) is 9.10. The van der Waals surface area contributed by atoms with Crippen molar-refractivity contribution < 1.29 is 8.42 Å². The van der Waals surface area contributed by atoms with Crippen LogP contribution >= 0.6 is 0 Å². The van der Waals surface area contributed by atoms with E-state index in [1.807, 2.05) is 24.3 Å². The van der Waals surface area contributed by atoms with Gasteiger partial charge in [-0.3, -0.25) is 0 Å². The third kappa shape index (κ3) is 1.85. The van der Waals surface area contributed by atoms with Gasteiger partial charge in [0.2, 0.25) is 9.84 Å². The Labute approximate surface area is 112 Å². The largest absolute Gasteiger partial charge is 0.334 e. The number of benzene rings is 2. The quantitative estimate of drug-likeness (QED) is 0.718. The molecule has 0 radical (unpaired) electrons. The molecule has 3 rings (SSSR count). The molecule has 0 bridgehead atoms. The second-order valence-electron chi connectivity index (χ2n) is 4.42. The van der Waals surface area contributed by atoms with Crippen molar-refractivity contribution in [1.82, 2.24) is 4.57 Å². The molecule has 0 unspecified atom stereocenters. The molecule has 2 aromatic carbocycles. The third-order valence-corrected chi connectivity index (χ3v) is 5.07. The van der Waals surface area contributed by atoms with Gasteiger partial charge in [0.1, 0.15) is 5.03 Å². The lowest BCUT2D eigenvalue weighted by Gasteiger charge is -2.06. The Bertz CT molecular complexity index is 833. The number of fused-ring (bicyclic) bond motifs is 1. The molecule has 19 heavy (non-hydrogen) atoms. The van der Waals surface area contributed by atoms with Gasteiger partial charge >= 0.3 is 0 Å². The molecular formula is C15H13NO2S. The molecule has 96 valence electrons. The molecule has 4 heteroatoms. The molecule has 0 amide bonds. The third-order valence-electron chi connectivity index (χ3n) is 3.24. The van der Waals surface area contributed by atoms with Gasteiger partial charge in [-0.25, -0.2) is 8.42 Å². The molecule has 0 atom stereocenters. The van der Waals surface area contributed by atoms with E-state index in [2.05, 4.69) is 0 Å². The summed E-state index contributed by atoms with van der Waals surface area (Å²) in [6.45, 7) is 0. The van der Waals surface area contributed by atoms with Crippen LogP contribution in [-0.4, -0.2) is 13.0 Å². The fourth-order valence-corrected chi connectivity index (χ4v) is 3.74. The van der Waals surface area contributed by atoms with E-state index in [0.29, 0.717) is 9.92 Å². The molecule has 0 fully saturated rings. The minimum Gasteiger partial charge on any atom is -0.334 e.